The van der Waals surface area contributed by atoms with Crippen LogP contribution < -0.4 is 5.57 Å². The molecule has 4 nitrogen and oxygen atoms in total. The van der Waals surface area contributed by atoms with Gasteiger partial charge in [-0.3, -0.25) is 4.79 Å². The monoisotopic (exact) mass is 197 g/mol. The van der Waals surface area contributed by atoms with Crippen molar-refractivity contribution in [2.75, 3.05) is 6.54 Å². The van der Waals surface area contributed by atoms with E-state index < -0.39 is 0 Å². The molecule has 1 aliphatic heterocycles. The number of nitrogens with one attached hydrogen (secondary N) is 1. The van der Waals surface area contributed by atoms with Crippen LogP contribution in [0.1, 0.15) is 18.3 Å². The van der Waals surface area contributed by atoms with E-state index in [1.165, 1.54) is 0 Å². The van der Waals surface area contributed by atoms with Gasteiger partial charge in [-0.15, -0.1) is 0 Å². The smallest absolute Gasteiger partial charge is 0.219 e. The Morgan fingerprint density at radius 2 is 2.46 bits per heavy atom. The van der Waals surface area contributed by atoms with Gasteiger partial charge in [0.05, 0.1) is 17.9 Å². The van der Waals surface area contributed by atoms with E-state index in [0.29, 0.717) is 6.54 Å². The first-order chi connectivity index (χ1) is 6.16. The van der Waals surface area contributed by atoms with E-state index in [-0.39, 0.29) is 5.91 Å². The van der Waals surface area contributed by atoms with Gasteiger partial charge in [0.15, 0.2) is 0 Å². The van der Waals surface area contributed by atoms with Gasteiger partial charge in [0.25, 0.3) is 0 Å². The molecule has 13 heavy (non-hydrogen) atoms. The fourth-order valence-corrected chi connectivity index (χ4v) is 1.91. The first kappa shape index (κ1) is 8.70. The molecule has 1 aromatic rings. The zero-order chi connectivity index (χ0) is 9.42. The molecule has 0 saturated heterocycles. The molecule has 2 heterocycles. The minimum absolute atomic E-state index is 0.130. The molecule has 0 saturated carbocycles. The van der Waals surface area contributed by atoms with Crippen LogP contribution in [0.25, 0.3) is 0 Å². The van der Waals surface area contributed by atoms with E-state index in [2.05, 4.69) is 19.2 Å². The number of aromatic nitrogens is 2. The molecule has 1 amide bonds. The van der Waals surface area contributed by atoms with Crippen LogP contribution in [0.4, 0.5) is 0 Å². The SMILES string of the molecule is CC(=O)N1CCc2nc(P)[nH]c2C1. The number of hydrogen-bond acceptors (Lipinski definition) is 2. The lowest BCUT2D eigenvalue weighted by Crippen LogP contribution is -2.34. The molecule has 0 fully saturated rings. The number of H-pyrrole nitrogens is 1. The van der Waals surface area contributed by atoms with E-state index in [0.717, 1.165) is 29.9 Å². The number of amides is 1. The Labute approximate surface area is 78.9 Å². The van der Waals surface area contributed by atoms with Crippen molar-refractivity contribution in [2.24, 2.45) is 0 Å². The Kier molecular flexibility index (Phi) is 2.08. The van der Waals surface area contributed by atoms with Crippen molar-refractivity contribution in [1.82, 2.24) is 14.9 Å². The summed E-state index contributed by atoms with van der Waals surface area (Å²) in [6.45, 7) is 3.06. The fraction of sp³-hybridized carbons (Fsp3) is 0.500. The molecule has 1 atom stereocenters. The summed E-state index contributed by atoms with van der Waals surface area (Å²) in [5, 5.41) is 0. The van der Waals surface area contributed by atoms with Crippen molar-refractivity contribution < 1.29 is 4.79 Å². The third kappa shape index (κ3) is 1.59. The molecule has 0 aliphatic carbocycles. The van der Waals surface area contributed by atoms with Crippen molar-refractivity contribution in [3.63, 3.8) is 0 Å². The predicted molar refractivity (Wildman–Crippen MR) is 52.7 cm³/mol. The van der Waals surface area contributed by atoms with Gasteiger partial charge in [-0.05, 0) is 0 Å². The maximum absolute atomic E-state index is 11.1. The lowest BCUT2D eigenvalue weighted by Gasteiger charge is -2.24. The summed E-state index contributed by atoms with van der Waals surface area (Å²) in [5.41, 5.74) is 3.03. The summed E-state index contributed by atoms with van der Waals surface area (Å²) >= 11 is 0. The quantitative estimate of drug-likeness (QED) is 0.586. The van der Waals surface area contributed by atoms with E-state index in [1.54, 1.807) is 6.92 Å². The standard InChI is InChI=1S/C8H12N3OP/c1-5(12)11-3-2-6-7(4-11)10-8(13)9-6/h2-4,13H2,1H3,(H,9,10). The lowest BCUT2D eigenvalue weighted by atomic mass is 10.1. The average molecular weight is 197 g/mol. The summed E-state index contributed by atoms with van der Waals surface area (Å²) in [7, 11) is 2.54. The van der Waals surface area contributed by atoms with Crippen molar-refractivity contribution in [3.8, 4) is 0 Å². The van der Waals surface area contributed by atoms with Crippen molar-refractivity contribution in [3.05, 3.63) is 11.4 Å². The normalized spacial score (nSPS) is 15.7. The number of rotatable bonds is 0. The highest BCUT2D eigenvalue weighted by Gasteiger charge is 2.20. The Morgan fingerprint density at radius 1 is 1.69 bits per heavy atom. The van der Waals surface area contributed by atoms with E-state index in [1.807, 2.05) is 4.90 Å². The molecule has 0 spiro atoms. The van der Waals surface area contributed by atoms with Gasteiger partial charge in [0.2, 0.25) is 5.91 Å². The van der Waals surface area contributed by atoms with Gasteiger partial charge in [0.1, 0.15) is 5.57 Å². The van der Waals surface area contributed by atoms with Gasteiger partial charge in [-0.2, -0.15) is 0 Å². The molecule has 1 aromatic heterocycles. The van der Waals surface area contributed by atoms with Crippen LogP contribution in [0.15, 0.2) is 0 Å². The second-order valence-corrected chi connectivity index (χ2v) is 3.78. The zero-order valence-corrected chi connectivity index (χ0v) is 8.66. The zero-order valence-electron chi connectivity index (χ0n) is 7.50. The van der Waals surface area contributed by atoms with Crippen molar-refractivity contribution in [2.45, 2.75) is 19.9 Å². The second-order valence-electron chi connectivity index (χ2n) is 3.24. The van der Waals surface area contributed by atoms with Crippen LogP contribution in [0.2, 0.25) is 0 Å². The van der Waals surface area contributed by atoms with E-state index in [9.17, 15) is 4.79 Å². The van der Waals surface area contributed by atoms with Crippen LogP contribution in [0.3, 0.4) is 0 Å². The van der Waals surface area contributed by atoms with Crippen molar-refractivity contribution in [1.29, 1.82) is 0 Å². The molecule has 5 heteroatoms. The minimum Gasteiger partial charge on any atom is -0.341 e. The number of aromatic amines is 1. The highest BCUT2D eigenvalue weighted by Crippen LogP contribution is 2.14. The second kappa shape index (κ2) is 3.11. The minimum atomic E-state index is 0.130. The summed E-state index contributed by atoms with van der Waals surface area (Å²) in [4.78, 5) is 20.4. The van der Waals surface area contributed by atoms with Crippen molar-refractivity contribution >= 4 is 20.7 Å². The molecule has 1 aliphatic rings. The molecule has 0 aromatic carbocycles. The first-order valence-electron chi connectivity index (χ1n) is 4.25. The Balaban J connectivity index is 2.24. The molecule has 0 bridgehead atoms. The fourth-order valence-electron chi connectivity index (χ4n) is 1.58. The molecular formula is C8H12N3OP. The summed E-state index contributed by atoms with van der Waals surface area (Å²) < 4.78 is 0. The molecule has 2 rings (SSSR count). The lowest BCUT2D eigenvalue weighted by molar-refractivity contribution is -0.129. The molecule has 1 unspecified atom stereocenters. The largest absolute Gasteiger partial charge is 0.341 e. The van der Waals surface area contributed by atoms with E-state index >= 15 is 0 Å². The highest BCUT2D eigenvalue weighted by atomic mass is 31.0. The van der Waals surface area contributed by atoms with Crippen LogP contribution >= 0.6 is 9.24 Å². The third-order valence-corrected chi connectivity index (χ3v) is 2.57. The Hall–Kier alpha value is -0.890. The molecular weight excluding hydrogens is 185 g/mol. The van der Waals surface area contributed by atoms with Crippen LogP contribution in [-0.4, -0.2) is 27.3 Å². The van der Waals surface area contributed by atoms with Gasteiger partial charge in [0, 0.05) is 19.9 Å². The Morgan fingerprint density at radius 3 is 3.15 bits per heavy atom. The molecule has 0 radical (unpaired) electrons. The predicted octanol–water partition coefficient (Wildman–Crippen LogP) is -0.185. The van der Waals surface area contributed by atoms with E-state index in [4.69, 9.17) is 0 Å². The number of nitrogens with zero attached hydrogens (tertiary/aromatic N) is 2. The number of carbonyl (C=O) groups excluding carboxylic acids is 1. The average Bonchev–Trinajstić information content (AvgIpc) is 2.42. The van der Waals surface area contributed by atoms with Gasteiger partial charge < -0.3 is 9.88 Å². The van der Waals surface area contributed by atoms with Crippen LogP contribution in [-0.2, 0) is 17.8 Å². The van der Waals surface area contributed by atoms with Crippen LogP contribution in [0, 0.1) is 0 Å². The number of fused-ring (bicyclic) bond motifs is 1. The summed E-state index contributed by atoms with van der Waals surface area (Å²) in [5.74, 6) is 0.130. The topological polar surface area (TPSA) is 49.0 Å². The van der Waals surface area contributed by atoms with Gasteiger partial charge >= 0.3 is 0 Å². The van der Waals surface area contributed by atoms with Gasteiger partial charge in [-0.1, -0.05) is 9.24 Å². The third-order valence-electron chi connectivity index (χ3n) is 2.30. The maximum atomic E-state index is 11.1. The first-order valence-corrected chi connectivity index (χ1v) is 4.83. The number of carbonyl (C=O) groups is 1. The van der Waals surface area contributed by atoms with Crippen LogP contribution in [0.5, 0.6) is 0 Å². The maximum Gasteiger partial charge on any atom is 0.219 e. The summed E-state index contributed by atoms with van der Waals surface area (Å²) in [6, 6.07) is 0. The molecule has 1 N–H and O–H groups in total. The number of hydrogen-bond donors (Lipinski definition) is 1. The number of imidazole rings is 1. The molecule has 70 valence electrons. The van der Waals surface area contributed by atoms with Gasteiger partial charge in [-0.25, -0.2) is 4.98 Å². The summed E-state index contributed by atoms with van der Waals surface area (Å²) in [6.07, 6.45) is 0.861. The Bertz CT molecular complexity index is 347. The highest BCUT2D eigenvalue weighted by molar-refractivity contribution is 7.26.